The zero-order valence-electron chi connectivity index (χ0n) is 9.69. The van der Waals surface area contributed by atoms with Gasteiger partial charge in [0.1, 0.15) is 0 Å². The third-order valence-electron chi connectivity index (χ3n) is 3.31. The standard InChI is InChI=1S/C10H21NO3S/c1-8(11-3)9(2)15(12,13)10-4-6-14-7-5-10/h8-11H,4-7H2,1-3H3. The minimum absolute atomic E-state index is 0.00200. The first-order valence-electron chi connectivity index (χ1n) is 5.48. The summed E-state index contributed by atoms with van der Waals surface area (Å²) in [4.78, 5) is 0. The summed E-state index contributed by atoms with van der Waals surface area (Å²) in [5.41, 5.74) is 0. The first kappa shape index (κ1) is 12.9. The fourth-order valence-electron chi connectivity index (χ4n) is 1.83. The Balaban J connectivity index is 2.72. The summed E-state index contributed by atoms with van der Waals surface area (Å²) in [6.45, 7) is 4.84. The van der Waals surface area contributed by atoms with E-state index in [-0.39, 0.29) is 16.5 Å². The molecule has 15 heavy (non-hydrogen) atoms. The highest BCUT2D eigenvalue weighted by atomic mass is 32.2. The van der Waals surface area contributed by atoms with Crippen molar-refractivity contribution in [1.82, 2.24) is 5.32 Å². The van der Waals surface area contributed by atoms with Crippen molar-refractivity contribution in [3.05, 3.63) is 0 Å². The lowest BCUT2D eigenvalue weighted by Gasteiger charge is -2.28. The molecule has 1 heterocycles. The molecule has 1 N–H and O–H groups in total. The average Bonchev–Trinajstić information content (AvgIpc) is 2.28. The van der Waals surface area contributed by atoms with Gasteiger partial charge < -0.3 is 10.1 Å². The molecular weight excluding hydrogens is 214 g/mol. The Morgan fingerprint density at radius 2 is 1.80 bits per heavy atom. The molecule has 1 rings (SSSR count). The smallest absolute Gasteiger partial charge is 0.157 e. The number of ether oxygens (including phenoxy) is 1. The highest BCUT2D eigenvalue weighted by molar-refractivity contribution is 7.92. The molecule has 2 atom stereocenters. The van der Waals surface area contributed by atoms with E-state index in [9.17, 15) is 8.42 Å². The van der Waals surface area contributed by atoms with Gasteiger partial charge in [-0.25, -0.2) is 8.42 Å². The second kappa shape index (κ2) is 5.27. The van der Waals surface area contributed by atoms with Crippen LogP contribution in [0.3, 0.4) is 0 Å². The molecular formula is C10H21NO3S. The minimum atomic E-state index is -3.02. The molecule has 2 unspecified atom stereocenters. The van der Waals surface area contributed by atoms with Crippen LogP contribution in [0, 0.1) is 0 Å². The van der Waals surface area contributed by atoms with Crippen LogP contribution in [0.1, 0.15) is 26.7 Å². The van der Waals surface area contributed by atoms with E-state index < -0.39 is 9.84 Å². The van der Waals surface area contributed by atoms with Crippen molar-refractivity contribution in [3.63, 3.8) is 0 Å². The van der Waals surface area contributed by atoms with Crippen molar-refractivity contribution in [2.45, 2.75) is 43.2 Å². The summed E-state index contributed by atoms with van der Waals surface area (Å²) in [7, 11) is -1.22. The van der Waals surface area contributed by atoms with Crippen LogP contribution in [-0.2, 0) is 14.6 Å². The molecule has 0 amide bonds. The number of hydrogen-bond donors (Lipinski definition) is 1. The Kier molecular flexibility index (Phi) is 4.55. The van der Waals surface area contributed by atoms with Gasteiger partial charge >= 0.3 is 0 Å². The van der Waals surface area contributed by atoms with E-state index in [4.69, 9.17) is 4.74 Å². The number of rotatable bonds is 4. The molecule has 0 aromatic heterocycles. The molecule has 1 saturated heterocycles. The maximum Gasteiger partial charge on any atom is 0.157 e. The lowest BCUT2D eigenvalue weighted by atomic mass is 10.2. The van der Waals surface area contributed by atoms with Crippen LogP contribution in [0.25, 0.3) is 0 Å². The fraction of sp³-hybridized carbons (Fsp3) is 1.00. The first-order valence-corrected chi connectivity index (χ1v) is 7.08. The van der Waals surface area contributed by atoms with Crippen molar-refractivity contribution < 1.29 is 13.2 Å². The Morgan fingerprint density at radius 1 is 1.27 bits per heavy atom. The Hall–Kier alpha value is -0.130. The van der Waals surface area contributed by atoms with E-state index in [1.54, 1.807) is 14.0 Å². The van der Waals surface area contributed by atoms with Crippen LogP contribution in [0.15, 0.2) is 0 Å². The molecule has 90 valence electrons. The highest BCUT2D eigenvalue weighted by Gasteiger charge is 2.34. The lowest BCUT2D eigenvalue weighted by Crippen LogP contribution is -2.44. The molecule has 0 saturated carbocycles. The quantitative estimate of drug-likeness (QED) is 0.774. The SMILES string of the molecule is CNC(C)C(C)S(=O)(=O)C1CCOCC1. The van der Waals surface area contributed by atoms with E-state index in [0.29, 0.717) is 26.1 Å². The summed E-state index contributed by atoms with van der Waals surface area (Å²) in [6, 6.07) is -0.00200. The van der Waals surface area contributed by atoms with Gasteiger partial charge in [-0.1, -0.05) is 0 Å². The third-order valence-corrected chi connectivity index (χ3v) is 6.16. The van der Waals surface area contributed by atoms with E-state index in [1.165, 1.54) is 0 Å². The Labute approximate surface area is 92.3 Å². The Morgan fingerprint density at radius 3 is 2.27 bits per heavy atom. The van der Waals surface area contributed by atoms with Crippen molar-refractivity contribution in [2.24, 2.45) is 0 Å². The normalized spacial score (nSPS) is 23.7. The van der Waals surface area contributed by atoms with E-state index in [1.807, 2.05) is 6.92 Å². The number of sulfone groups is 1. The second-order valence-corrected chi connectivity index (χ2v) is 6.77. The third kappa shape index (κ3) is 2.92. The largest absolute Gasteiger partial charge is 0.381 e. The maximum atomic E-state index is 12.2. The van der Waals surface area contributed by atoms with Crippen LogP contribution in [0.4, 0.5) is 0 Å². The zero-order chi connectivity index (χ0) is 11.5. The summed E-state index contributed by atoms with van der Waals surface area (Å²) < 4.78 is 29.6. The molecule has 0 aromatic rings. The number of hydrogen-bond acceptors (Lipinski definition) is 4. The summed E-state index contributed by atoms with van der Waals surface area (Å²) in [5.74, 6) is 0. The molecule has 0 radical (unpaired) electrons. The molecule has 0 aromatic carbocycles. The van der Waals surface area contributed by atoms with Crippen LogP contribution < -0.4 is 5.32 Å². The van der Waals surface area contributed by atoms with Gasteiger partial charge in [0.15, 0.2) is 9.84 Å². The van der Waals surface area contributed by atoms with Crippen molar-refractivity contribution in [1.29, 1.82) is 0 Å². The van der Waals surface area contributed by atoms with Crippen molar-refractivity contribution in [3.8, 4) is 0 Å². The molecule has 1 aliphatic rings. The predicted octanol–water partition coefficient (Wildman–Crippen LogP) is 0.577. The topological polar surface area (TPSA) is 55.4 Å². The molecule has 1 aliphatic heterocycles. The van der Waals surface area contributed by atoms with Gasteiger partial charge in [-0.05, 0) is 33.7 Å². The summed E-state index contributed by atoms with van der Waals surface area (Å²) in [6.07, 6.45) is 1.28. The van der Waals surface area contributed by atoms with Gasteiger partial charge in [-0.3, -0.25) is 0 Å². The van der Waals surface area contributed by atoms with Gasteiger partial charge in [0.05, 0.1) is 10.5 Å². The van der Waals surface area contributed by atoms with E-state index >= 15 is 0 Å². The van der Waals surface area contributed by atoms with Gasteiger partial charge in [0, 0.05) is 19.3 Å². The monoisotopic (exact) mass is 235 g/mol. The minimum Gasteiger partial charge on any atom is -0.381 e. The molecule has 0 spiro atoms. The van der Waals surface area contributed by atoms with Gasteiger partial charge in [0.2, 0.25) is 0 Å². The van der Waals surface area contributed by atoms with Crippen LogP contribution >= 0.6 is 0 Å². The van der Waals surface area contributed by atoms with Crippen LogP contribution in [0.5, 0.6) is 0 Å². The van der Waals surface area contributed by atoms with E-state index in [2.05, 4.69) is 5.32 Å². The maximum absolute atomic E-state index is 12.2. The first-order chi connectivity index (χ1) is 7.00. The Bertz CT molecular complexity index is 275. The zero-order valence-corrected chi connectivity index (χ0v) is 10.5. The number of nitrogens with one attached hydrogen (secondary N) is 1. The van der Waals surface area contributed by atoms with Crippen LogP contribution in [0.2, 0.25) is 0 Å². The lowest BCUT2D eigenvalue weighted by molar-refractivity contribution is 0.0981. The summed E-state index contributed by atoms with van der Waals surface area (Å²) >= 11 is 0. The van der Waals surface area contributed by atoms with Crippen molar-refractivity contribution in [2.75, 3.05) is 20.3 Å². The molecule has 4 nitrogen and oxygen atoms in total. The average molecular weight is 235 g/mol. The van der Waals surface area contributed by atoms with Gasteiger partial charge in [-0.15, -0.1) is 0 Å². The molecule has 0 aliphatic carbocycles. The van der Waals surface area contributed by atoms with E-state index in [0.717, 1.165) is 0 Å². The highest BCUT2D eigenvalue weighted by Crippen LogP contribution is 2.21. The molecule has 5 heteroatoms. The van der Waals surface area contributed by atoms with Crippen molar-refractivity contribution >= 4 is 9.84 Å². The molecule has 0 bridgehead atoms. The predicted molar refractivity (Wildman–Crippen MR) is 60.7 cm³/mol. The summed E-state index contributed by atoms with van der Waals surface area (Å²) in [5, 5.41) is 2.46. The second-order valence-electron chi connectivity index (χ2n) is 4.18. The van der Waals surface area contributed by atoms with Gasteiger partial charge in [0.25, 0.3) is 0 Å². The fourth-order valence-corrected chi connectivity index (χ4v) is 3.99. The van der Waals surface area contributed by atoms with Crippen LogP contribution in [-0.4, -0.2) is 45.2 Å². The van der Waals surface area contributed by atoms with Gasteiger partial charge in [-0.2, -0.15) is 0 Å². The molecule has 1 fully saturated rings.